The molecule has 198 valence electrons. The molecule has 39 heavy (non-hydrogen) atoms. The molecule has 1 amide bonds. The Morgan fingerprint density at radius 2 is 1.69 bits per heavy atom. The Labute approximate surface area is 227 Å². The van der Waals surface area contributed by atoms with E-state index in [1.54, 1.807) is 45.7 Å². The molecule has 0 atom stereocenters. The summed E-state index contributed by atoms with van der Waals surface area (Å²) in [7, 11) is 4.74. The highest BCUT2D eigenvalue weighted by molar-refractivity contribution is 6.01. The molecule has 0 unspecified atom stereocenters. The summed E-state index contributed by atoms with van der Waals surface area (Å²) in [5, 5.41) is 13.4. The number of carbonyl (C=O) groups excluding carboxylic acids is 1. The van der Waals surface area contributed by atoms with E-state index in [0.29, 0.717) is 41.5 Å². The molecule has 1 heterocycles. The van der Waals surface area contributed by atoms with Crippen LogP contribution in [0.5, 0.6) is 23.0 Å². The maximum atomic E-state index is 12.7. The van der Waals surface area contributed by atoms with Gasteiger partial charge in [-0.1, -0.05) is 30.3 Å². The number of fused-ring (bicyclic) bond motifs is 1. The summed E-state index contributed by atoms with van der Waals surface area (Å²) in [6.07, 6.45) is 3.84. The van der Waals surface area contributed by atoms with Crippen LogP contribution in [0.2, 0.25) is 0 Å². The van der Waals surface area contributed by atoms with Crippen molar-refractivity contribution in [2.24, 2.45) is 0 Å². The molecular weight excluding hydrogens is 494 g/mol. The number of rotatable bonds is 11. The first-order valence-corrected chi connectivity index (χ1v) is 12.3. The van der Waals surface area contributed by atoms with Crippen LogP contribution in [0.4, 0.5) is 0 Å². The number of pyridine rings is 1. The third kappa shape index (κ3) is 6.65. The summed E-state index contributed by atoms with van der Waals surface area (Å²) in [4.78, 5) is 17.2. The van der Waals surface area contributed by atoms with Gasteiger partial charge in [0.05, 0.1) is 21.3 Å². The van der Waals surface area contributed by atoms with E-state index in [4.69, 9.17) is 18.9 Å². The van der Waals surface area contributed by atoms with E-state index in [0.717, 1.165) is 22.0 Å². The van der Waals surface area contributed by atoms with Gasteiger partial charge in [0.2, 0.25) is 0 Å². The van der Waals surface area contributed by atoms with Gasteiger partial charge in [-0.2, -0.15) is 5.26 Å². The number of benzene rings is 3. The molecule has 0 saturated carbocycles. The van der Waals surface area contributed by atoms with Crippen molar-refractivity contribution >= 4 is 22.9 Å². The molecule has 0 bridgehead atoms. The fraction of sp³-hybridized carbons (Fsp3) is 0.194. The van der Waals surface area contributed by atoms with Crippen LogP contribution < -0.4 is 24.3 Å². The first-order valence-electron chi connectivity index (χ1n) is 12.3. The van der Waals surface area contributed by atoms with Gasteiger partial charge in [0.25, 0.3) is 5.91 Å². The molecule has 8 nitrogen and oxygen atoms in total. The first kappa shape index (κ1) is 27.0. The van der Waals surface area contributed by atoms with Gasteiger partial charge in [-0.3, -0.25) is 9.78 Å². The van der Waals surface area contributed by atoms with Crippen molar-refractivity contribution in [2.75, 3.05) is 27.9 Å². The van der Waals surface area contributed by atoms with Gasteiger partial charge in [-0.05, 0) is 60.0 Å². The van der Waals surface area contributed by atoms with Gasteiger partial charge in [0.15, 0.2) is 11.5 Å². The molecule has 4 aromatic rings. The Morgan fingerprint density at radius 1 is 0.923 bits per heavy atom. The monoisotopic (exact) mass is 523 g/mol. The first-order chi connectivity index (χ1) is 19.1. The zero-order valence-corrected chi connectivity index (χ0v) is 22.1. The minimum absolute atomic E-state index is 0.00222. The summed E-state index contributed by atoms with van der Waals surface area (Å²) in [6.45, 7) is 0.577. The second kappa shape index (κ2) is 13.0. The van der Waals surface area contributed by atoms with Crippen molar-refractivity contribution in [2.45, 2.75) is 13.0 Å². The molecular formula is C31H29N3O5. The standard InChI is InChI=1S/C31H29N3O5/c1-36-26-11-10-22(17-25(26)20-39-28-8-4-6-23-7-5-14-33-30(23)28)16-24(19-32)31(35)34-15-13-21-9-12-27(37-2)29(18-21)38-3/h4-12,14,16-18H,13,15,20H2,1-3H3,(H,34,35). The number of methoxy groups -OCH3 is 3. The lowest BCUT2D eigenvalue weighted by molar-refractivity contribution is -0.117. The molecule has 0 aliphatic heterocycles. The van der Waals surface area contributed by atoms with Crippen LogP contribution in [0.15, 0.2) is 78.5 Å². The van der Waals surface area contributed by atoms with E-state index in [2.05, 4.69) is 10.3 Å². The highest BCUT2D eigenvalue weighted by Crippen LogP contribution is 2.28. The van der Waals surface area contributed by atoms with E-state index in [1.165, 1.54) is 0 Å². The Hall–Kier alpha value is -5.03. The number of hydrogen-bond donors (Lipinski definition) is 1. The van der Waals surface area contributed by atoms with Crippen LogP contribution in [0.25, 0.3) is 17.0 Å². The van der Waals surface area contributed by atoms with E-state index in [9.17, 15) is 10.1 Å². The highest BCUT2D eigenvalue weighted by atomic mass is 16.5. The Balaban J connectivity index is 1.44. The van der Waals surface area contributed by atoms with Gasteiger partial charge in [-0.15, -0.1) is 0 Å². The topological polar surface area (TPSA) is 103 Å². The molecule has 1 N–H and O–H groups in total. The van der Waals surface area contributed by atoms with Gasteiger partial charge >= 0.3 is 0 Å². The minimum Gasteiger partial charge on any atom is -0.496 e. The smallest absolute Gasteiger partial charge is 0.261 e. The Bertz CT molecular complexity index is 1540. The number of hydrogen-bond acceptors (Lipinski definition) is 7. The van der Waals surface area contributed by atoms with E-state index >= 15 is 0 Å². The number of nitrogens with zero attached hydrogens (tertiary/aromatic N) is 2. The number of amides is 1. The van der Waals surface area contributed by atoms with Crippen molar-refractivity contribution in [1.29, 1.82) is 5.26 Å². The number of ether oxygens (including phenoxy) is 4. The van der Waals surface area contributed by atoms with Gasteiger partial charge < -0.3 is 24.3 Å². The van der Waals surface area contributed by atoms with Crippen molar-refractivity contribution < 1.29 is 23.7 Å². The molecule has 0 spiro atoms. The Morgan fingerprint density at radius 3 is 2.46 bits per heavy atom. The Kier molecular flexibility index (Phi) is 8.99. The number of aromatic nitrogens is 1. The van der Waals surface area contributed by atoms with Crippen LogP contribution in [0.1, 0.15) is 16.7 Å². The van der Waals surface area contributed by atoms with Gasteiger partial charge in [0.1, 0.15) is 35.3 Å². The summed E-state index contributed by atoms with van der Waals surface area (Å²) in [5.41, 5.74) is 3.18. The lowest BCUT2D eigenvalue weighted by Crippen LogP contribution is -2.26. The molecule has 1 aromatic heterocycles. The molecule has 8 heteroatoms. The highest BCUT2D eigenvalue weighted by Gasteiger charge is 2.12. The molecule has 0 aliphatic carbocycles. The molecule has 4 rings (SSSR count). The second-order valence-corrected chi connectivity index (χ2v) is 8.56. The van der Waals surface area contributed by atoms with Crippen LogP contribution in [0, 0.1) is 11.3 Å². The number of nitriles is 1. The van der Waals surface area contributed by atoms with Crippen LogP contribution in [-0.2, 0) is 17.8 Å². The summed E-state index contributed by atoms with van der Waals surface area (Å²) in [6, 6.07) is 22.6. The summed E-state index contributed by atoms with van der Waals surface area (Å²) in [5.74, 6) is 2.10. The SMILES string of the molecule is COc1ccc(C=C(C#N)C(=O)NCCc2ccc(OC)c(OC)c2)cc1COc1cccc2cccnc12. The van der Waals surface area contributed by atoms with Crippen molar-refractivity contribution in [3.05, 3.63) is 95.2 Å². The average Bonchev–Trinajstić information content (AvgIpc) is 2.98. The summed E-state index contributed by atoms with van der Waals surface area (Å²) >= 11 is 0. The van der Waals surface area contributed by atoms with Crippen molar-refractivity contribution in [1.82, 2.24) is 10.3 Å². The van der Waals surface area contributed by atoms with E-state index in [-0.39, 0.29) is 12.2 Å². The molecule has 0 aliphatic rings. The minimum atomic E-state index is -0.451. The quantitative estimate of drug-likeness (QED) is 0.215. The zero-order chi connectivity index (χ0) is 27.6. The van der Waals surface area contributed by atoms with Crippen molar-refractivity contribution in [3.63, 3.8) is 0 Å². The fourth-order valence-electron chi connectivity index (χ4n) is 4.12. The van der Waals surface area contributed by atoms with Gasteiger partial charge in [0, 0.05) is 23.7 Å². The molecule has 3 aromatic carbocycles. The normalized spacial score (nSPS) is 11.0. The lowest BCUT2D eigenvalue weighted by Gasteiger charge is -2.12. The number of nitrogens with one attached hydrogen (secondary N) is 1. The van der Waals surface area contributed by atoms with Crippen LogP contribution in [-0.4, -0.2) is 38.8 Å². The maximum absolute atomic E-state index is 12.7. The lowest BCUT2D eigenvalue weighted by atomic mass is 10.1. The third-order valence-electron chi connectivity index (χ3n) is 6.11. The fourth-order valence-corrected chi connectivity index (χ4v) is 4.12. The number of carbonyl (C=O) groups is 1. The largest absolute Gasteiger partial charge is 0.496 e. The van der Waals surface area contributed by atoms with E-state index in [1.807, 2.05) is 60.7 Å². The van der Waals surface area contributed by atoms with E-state index < -0.39 is 5.91 Å². The number of para-hydroxylation sites is 1. The maximum Gasteiger partial charge on any atom is 0.261 e. The average molecular weight is 524 g/mol. The molecule has 0 fully saturated rings. The zero-order valence-electron chi connectivity index (χ0n) is 22.1. The van der Waals surface area contributed by atoms with Crippen LogP contribution >= 0.6 is 0 Å². The van der Waals surface area contributed by atoms with Crippen molar-refractivity contribution in [3.8, 4) is 29.1 Å². The molecule has 0 saturated heterocycles. The predicted molar refractivity (Wildman–Crippen MR) is 149 cm³/mol. The van der Waals surface area contributed by atoms with Gasteiger partial charge in [-0.25, -0.2) is 0 Å². The second-order valence-electron chi connectivity index (χ2n) is 8.56. The van der Waals surface area contributed by atoms with Crippen LogP contribution in [0.3, 0.4) is 0 Å². The summed E-state index contributed by atoms with van der Waals surface area (Å²) < 4.78 is 22.2. The third-order valence-corrected chi connectivity index (χ3v) is 6.11. The predicted octanol–water partition coefficient (Wildman–Crippen LogP) is 5.11. The molecule has 0 radical (unpaired) electrons.